The molecule has 1 aliphatic carbocycles. The number of hydrogen-bond donors (Lipinski definition) is 1. The van der Waals surface area contributed by atoms with E-state index in [1.807, 2.05) is 0 Å². The third-order valence-electron chi connectivity index (χ3n) is 4.80. The molecule has 92 valence electrons. The lowest BCUT2D eigenvalue weighted by Gasteiger charge is -2.38. The molecule has 3 rings (SSSR count). The van der Waals surface area contributed by atoms with Crippen molar-refractivity contribution < 1.29 is 0 Å². The summed E-state index contributed by atoms with van der Waals surface area (Å²) in [5.74, 6) is 0. The van der Waals surface area contributed by atoms with E-state index in [1.54, 1.807) is 0 Å². The van der Waals surface area contributed by atoms with E-state index in [0.717, 1.165) is 18.1 Å². The van der Waals surface area contributed by atoms with E-state index in [4.69, 9.17) is 5.73 Å². The summed E-state index contributed by atoms with van der Waals surface area (Å²) in [4.78, 5) is 5.30. The van der Waals surface area contributed by atoms with Gasteiger partial charge in [0.2, 0.25) is 0 Å². The van der Waals surface area contributed by atoms with Gasteiger partial charge in [-0.1, -0.05) is 0 Å². The molecule has 2 N–H and O–H groups in total. The van der Waals surface area contributed by atoms with Crippen LogP contribution >= 0.6 is 0 Å². The van der Waals surface area contributed by atoms with Crippen LogP contribution in [0.5, 0.6) is 0 Å². The van der Waals surface area contributed by atoms with Gasteiger partial charge >= 0.3 is 0 Å². The Morgan fingerprint density at radius 3 is 2.31 bits per heavy atom. The van der Waals surface area contributed by atoms with E-state index in [-0.39, 0.29) is 0 Å². The van der Waals surface area contributed by atoms with Gasteiger partial charge < -0.3 is 10.6 Å². The van der Waals surface area contributed by atoms with Gasteiger partial charge in [-0.05, 0) is 45.6 Å². The number of nitrogens with two attached hydrogens (primary N) is 1. The Balaban J connectivity index is 1.51. The van der Waals surface area contributed by atoms with Gasteiger partial charge in [0.25, 0.3) is 0 Å². The highest BCUT2D eigenvalue weighted by atomic mass is 15.3. The molecular formula is C13H25N3. The number of likely N-dealkylation sites (N-methyl/N-ethyl adjacent to an activating group) is 1. The maximum absolute atomic E-state index is 6.09. The fraction of sp³-hybridized carbons (Fsp3) is 1.00. The summed E-state index contributed by atoms with van der Waals surface area (Å²) >= 11 is 0. The van der Waals surface area contributed by atoms with Gasteiger partial charge in [-0.15, -0.1) is 0 Å². The summed E-state index contributed by atoms with van der Waals surface area (Å²) in [7, 11) is 2.29. The molecule has 2 heterocycles. The van der Waals surface area contributed by atoms with Crippen LogP contribution in [0.25, 0.3) is 0 Å². The normalized spacial score (nSPS) is 39.6. The molecule has 3 aliphatic rings. The molecule has 2 bridgehead atoms. The molecule has 0 radical (unpaired) electrons. The van der Waals surface area contributed by atoms with E-state index < -0.39 is 0 Å². The van der Waals surface area contributed by atoms with Crippen LogP contribution in [0.2, 0.25) is 0 Å². The molecular weight excluding hydrogens is 198 g/mol. The summed E-state index contributed by atoms with van der Waals surface area (Å²) in [5, 5.41) is 0. The first kappa shape index (κ1) is 11.0. The number of hydrogen-bond acceptors (Lipinski definition) is 3. The molecule has 3 heteroatoms. The van der Waals surface area contributed by atoms with Crippen LogP contribution in [0, 0.1) is 0 Å². The highest BCUT2D eigenvalue weighted by molar-refractivity contribution is 4.97. The van der Waals surface area contributed by atoms with Gasteiger partial charge in [-0.3, -0.25) is 4.90 Å². The average Bonchev–Trinajstić information content (AvgIpc) is 3.04. The molecule has 1 saturated carbocycles. The van der Waals surface area contributed by atoms with Crippen molar-refractivity contribution in [1.82, 2.24) is 9.80 Å². The van der Waals surface area contributed by atoms with Gasteiger partial charge in [0.1, 0.15) is 0 Å². The minimum absolute atomic E-state index is 0.481. The Morgan fingerprint density at radius 2 is 1.75 bits per heavy atom. The van der Waals surface area contributed by atoms with Crippen LogP contribution in [-0.4, -0.2) is 54.1 Å². The van der Waals surface area contributed by atoms with E-state index >= 15 is 0 Å². The molecule has 0 aromatic heterocycles. The second-order valence-electron chi connectivity index (χ2n) is 6.07. The largest absolute Gasteiger partial charge is 0.328 e. The topological polar surface area (TPSA) is 32.5 Å². The molecule has 2 atom stereocenters. The van der Waals surface area contributed by atoms with Gasteiger partial charge in [-0.25, -0.2) is 0 Å². The van der Waals surface area contributed by atoms with E-state index in [9.17, 15) is 0 Å². The van der Waals surface area contributed by atoms with Crippen LogP contribution < -0.4 is 5.73 Å². The predicted molar refractivity (Wildman–Crippen MR) is 66.4 cm³/mol. The monoisotopic (exact) mass is 223 g/mol. The summed E-state index contributed by atoms with van der Waals surface area (Å²) in [6.07, 6.45) is 8.12. The quantitative estimate of drug-likeness (QED) is 0.773. The van der Waals surface area contributed by atoms with Crippen molar-refractivity contribution in [2.45, 2.75) is 62.7 Å². The summed E-state index contributed by atoms with van der Waals surface area (Å²) in [6, 6.07) is 3.00. The summed E-state index contributed by atoms with van der Waals surface area (Å²) in [5.41, 5.74) is 6.09. The standard InChI is InChI=1S/C13H25N3/c1-15(11-2-3-11)6-7-16-12-4-5-13(16)9-10(14)8-12/h10-13H,2-9,14H2,1H3. The maximum atomic E-state index is 6.09. The SMILES string of the molecule is CN(CCN1C2CCC1CC(N)C2)C1CC1. The number of rotatable bonds is 4. The van der Waals surface area contributed by atoms with Crippen LogP contribution in [0.3, 0.4) is 0 Å². The highest BCUT2D eigenvalue weighted by Crippen LogP contribution is 2.35. The van der Waals surface area contributed by atoms with Gasteiger partial charge in [0.05, 0.1) is 0 Å². The first-order valence-electron chi connectivity index (χ1n) is 6.95. The maximum Gasteiger partial charge on any atom is 0.0115 e. The second-order valence-corrected chi connectivity index (χ2v) is 6.07. The summed E-state index contributed by atoms with van der Waals surface area (Å²) < 4.78 is 0. The number of piperidine rings is 1. The second kappa shape index (κ2) is 4.28. The average molecular weight is 223 g/mol. The van der Waals surface area contributed by atoms with Crippen molar-refractivity contribution in [3.63, 3.8) is 0 Å². The zero-order chi connectivity index (χ0) is 11.1. The van der Waals surface area contributed by atoms with Crippen LogP contribution in [-0.2, 0) is 0 Å². The Bertz CT molecular complexity index is 238. The first-order valence-corrected chi connectivity index (χ1v) is 6.95. The molecule has 0 amide bonds. The van der Waals surface area contributed by atoms with Crippen molar-refractivity contribution in [2.75, 3.05) is 20.1 Å². The fourth-order valence-electron chi connectivity index (χ4n) is 3.65. The molecule has 3 nitrogen and oxygen atoms in total. The van der Waals surface area contributed by atoms with E-state index in [2.05, 4.69) is 16.8 Å². The van der Waals surface area contributed by atoms with Crippen molar-refractivity contribution >= 4 is 0 Å². The van der Waals surface area contributed by atoms with Crippen LogP contribution in [0.15, 0.2) is 0 Å². The summed E-state index contributed by atoms with van der Waals surface area (Å²) in [6.45, 7) is 2.53. The predicted octanol–water partition coefficient (Wildman–Crippen LogP) is 1.03. The molecule has 2 unspecified atom stereocenters. The third kappa shape index (κ3) is 2.13. The molecule has 16 heavy (non-hydrogen) atoms. The minimum Gasteiger partial charge on any atom is -0.328 e. The van der Waals surface area contributed by atoms with Crippen molar-refractivity contribution in [2.24, 2.45) is 5.73 Å². The van der Waals surface area contributed by atoms with Gasteiger partial charge in [0.15, 0.2) is 0 Å². The Kier molecular flexibility index (Phi) is 2.94. The lowest BCUT2D eigenvalue weighted by atomic mass is 9.98. The lowest BCUT2D eigenvalue weighted by molar-refractivity contribution is 0.113. The van der Waals surface area contributed by atoms with Crippen LogP contribution in [0.1, 0.15) is 38.5 Å². The zero-order valence-electron chi connectivity index (χ0n) is 10.4. The van der Waals surface area contributed by atoms with Crippen molar-refractivity contribution in [1.29, 1.82) is 0 Å². The zero-order valence-corrected chi connectivity index (χ0v) is 10.4. The molecule has 2 saturated heterocycles. The first-order chi connectivity index (χ1) is 7.74. The number of fused-ring (bicyclic) bond motifs is 2. The molecule has 0 aromatic rings. The highest BCUT2D eigenvalue weighted by Gasteiger charge is 2.39. The minimum atomic E-state index is 0.481. The van der Waals surface area contributed by atoms with Crippen molar-refractivity contribution in [3.05, 3.63) is 0 Å². The molecule has 0 spiro atoms. The molecule has 2 aliphatic heterocycles. The van der Waals surface area contributed by atoms with Crippen LogP contribution in [0.4, 0.5) is 0 Å². The molecule has 3 fully saturated rings. The van der Waals surface area contributed by atoms with Crippen molar-refractivity contribution in [3.8, 4) is 0 Å². The lowest BCUT2D eigenvalue weighted by Crippen LogP contribution is -2.49. The smallest absolute Gasteiger partial charge is 0.0115 e. The van der Waals surface area contributed by atoms with E-state index in [1.165, 1.54) is 51.6 Å². The Morgan fingerprint density at radius 1 is 1.12 bits per heavy atom. The third-order valence-corrected chi connectivity index (χ3v) is 4.80. The Labute approximate surface area is 99.0 Å². The molecule has 0 aromatic carbocycles. The van der Waals surface area contributed by atoms with E-state index in [0.29, 0.717) is 6.04 Å². The number of nitrogens with zero attached hydrogens (tertiary/aromatic N) is 2. The fourth-order valence-corrected chi connectivity index (χ4v) is 3.65. The van der Waals surface area contributed by atoms with Gasteiger partial charge in [0, 0.05) is 37.3 Å². The van der Waals surface area contributed by atoms with Gasteiger partial charge in [-0.2, -0.15) is 0 Å². The Hall–Kier alpha value is -0.120.